The number of aromatic nitrogens is 2. The smallest absolute Gasteiger partial charge is 0.306 e. The van der Waals surface area contributed by atoms with Gasteiger partial charge in [-0.15, -0.1) is 0 Å². The zero-order chi connectivity index (χ0) is 15.2. The second-order valence-corrected chi connectivity index (χ2v) is 5.30. The second kappa shape index (κ2) is 6.94. The number of hydrogen-bond donors (Lipinski definition) is 1. The molecule has 0 unspecified atom stereocenters. The van der Waals surface area contributed by atoms with Crippen molar-refractivity contribution in [3.8, 4) is 10.6 Å². The molecule has 2 aromatic rings. The van der Waals surface area contributed by atoms with Gasteiger partial charge in [-0.25, -0.2) is 4.98 Å². The minimum atomic E-state index is -0.401. The zero-order valence-electron chi connectivity index (χ0n) is 11.8. The van der Waals surface area contributed by atoms with Gasteiger partial charge in [-0.2, -0.15) is 0 Å². The van der Waals surface area contributed by atoms with Gasteiger partial charge in [-0.3, -0.25) is 14.6 Å². The monoisotopic (exact) mass is 305 g/mol. The van der Waals surface area contributed by atoms with E-state index in [1.165, 1.54) is 18.4 Å². The lowest BCUT2D eigenvalue weighted by Crippen LogP contribution is -2.13. The molecule has 0 saturated carbocycles. The number of nitrogens with one attached hydrogen (secondary N) is 1. The Labute approximate surface area is 126 Å². The van der Waals surface area contributed by atoms with Crippen LogP contribution in [0.1, 0.15) is 18.5 Å². The number of pyridine rings is 1. The molecule has 0 saturated heterocycles. The molecule has 2 heterocycles. The summed E-state index contributed by atoms with van der Waals surface area (Å²) in [4.78, 5) is 31.2. The molecule has 7 heteroatoms. The standard InChI is InChI=1S/C14H15N3O3S/c1-9-13(17-11(18)5-6-12(19)20-2)21-14(16-9)10-4-3-7-15-8-10/h3-4,7-8H,5-6H2,1-2H3,(H,17,18). The quantitative estimate of drug-likeness (QED) is 0.858. The van der Waals surface area contributed by atoms with Crippen molar-refractivity contribution in [1.29, 1.82) is 0 Å². The van der Waals surface area contributed by atoms with Crippen molar-refractivity contribution in [3.05, 3.63) is 30.2 Å². The fraction of sp³-hybridized carbons (Fsp3) is 0.286. The zero-order valence-corrected chi connectivity index (χ0v) is 12.6. The number of hydrogen-bond acceptors (Lipinski definition) is 6. The molecule has 6 nitrogen and oxygen atoms in total. The molecule has 2 aromatic heterocycles. The molecule has 2 rings (SSSR count). The van der Waals surface area contributed by atoms with E-state index in [2.05, 4.69) is 20.0 Å². The summed E-state index contributed by atoms with van der Waals surface area (Å²) in [6.07, 6.45) is 3.57. The molecular formula is C14H15N3O3S. The van der Waals surface area contributed by atoms with Crippen molar-refractivity contribution in [2.24, 2.45) is 0 Å². The predicted octanol–water partition coefficient (Wildman–Crippen LogP) is 2.41. The van der Waals surface area contributed by atoms with Gasteiger partial charge in [0.05, 0.1) is 19.2 Å². The van der Waals surface area contributed by atoms with E-state index in [0.29, 0.717) is 5.00 Å². The Balaban J connectivity index is 2.03. The summed E-state index contributed by atoms with van der Waals surface area (Å²) >= 11 is 1.38. The van der Waals surface area contributed by atoms with E-state index in [4.69, 9.17) is 0 Å². The second-order valence-electron chi connectivity index (χ2n) is 4.30. The highest BCUT2D eigenvalue weighted by Crippen LogP contribution is 2.31. The van der Waals surface area contributed by atoms with Gasteiger partial charge < -0.3 is 10.1 Å². The van der Waals surface area contributed by atoms with Crippen LogP contribution in [0.5, 0.6) is 0 Å². The highest BCUT2D eigenvalue weighted by Gasteiger charge is 2.13. The largest absolute Gasteiger partial charge is 0.469 e. The Bertz CT molecular complexity index is 640. The van der Waals surface area contributed by atoms with Gasteiger partial charge in [-0.05, 0) is 19.1 Å². The van der Waals surface area contributed by atoms with Gasteiger partial charge in [0.25, 0.3) is 0 Å². The predicted molar refractivity (Wildman–Crippen MR) is 80.0 cm³/mol. The van der Waals surface area contributed by atoms with Gasteiger partial charge in [-0.1, -0.05) is 11.3 Å². The normalized spacial score (nSPS) is 10.2. The minimum Gasteiger partial charge on any atom is -0.469 e. The lowest BCUT2D eigenvalue weighted by atomic mass is 10.3. The van der Waals surface area contributed by atoms with Crippen LogP contribution in [0.3, 0.4) is 0 Å². The van der Waals surface area contributed by atoms with E-state index in [9.17, 15) is 9.59 Å². The summed E-state index contributed by atoms with van der Waals surface area (Å²) in [6, 6.07) is 3.74. The first-order valence-electron chi connectivity index (χ1n) is 6.34. The van der Waals surface area contributed by atoms with Gasteiger partial charge in [0.1, 0.15) is 10.0 Å². The molecule has 0 aromatic carbocycles. The van der Waals surface area contributed by atoms with E-state index in [1.807, 2.05) is 19.1 Å². The number of anilines is 1. The Morgan fingerprint density at radius 3 is 2.86 bits per heavy atom. The molecule has 0 bridgehead atoms. The van der Waals surface area contributed by atoms with Crippen molar-refractivity contribution in [1.82, 2.24) is 9.97 Å². The molecule has 1 amide bonds. The maximum Gasteiger partial charge on any atom is 0.306 e. The molecule has 1 N–H and O–H groups in total. The minimum absolute atomic E-state index is 0.0651. The van der Waals surface area contributed by atoms with Crippen molar-refractivity contribution in [3.63, 3.8) is 0 Å². The van der Waals surface area contributed by atoms with Crippen LogP contribution >= 0.6 is 11.3 Å². The Hall–Kier alpha value is -2.28. The van der Waals surface area contributed by atoms with Crippen LogP contribution in [0.4, 0.5) is 5.00 Å². The first-order chi connectivity index (χ1) is 10.1. The molecule has 0 spiro atoms. The molecule has 0 aliphatic carbocycles. The number of nitrogens with zero attached hydrogens (tertiary/aromatic N) is 2. The summed E-state index contributed by atoms with van der Waals surface area (Å²) in [6.45, 7) is 1.83. The van der Waals surface area contributed by atoms with Crippen LogP contribution in [0, 0.1) is 6.92 Å². The third-order valence-corrected chi connectivity index (χ3v) is 3.86. The Morgan fingerprint density at radius 2 is 2.19 bits per heavy atom. The van der Waals surface area contributed by atoms with E-state index in [0.717, 1.165) is 16.3 Å². The SMILES string of the molecule is COC(=O)CCC(=O)Nc1sc(-c2cccnc2)nc1C. The topological polar surface area (TPSA) is 81.2 Å². The van der Waals surface area contributed by atoms with Crippen LogP contribution < -0.4 is 5.32 Å². The fourth-order valence-electron chi connectivity index (χ4n) is 1.63. The van der Waals surface area contributed by atoms with Crippen molar-refractivity contribution in [2.45, 2.75) is 19.8 Å². The Kier molecular flexibility index (Phi) is 4.99. The lowest BCUT2D eigenvalue weighted by molar-refractivity contribution is -0.141. The van der Waals surface area contributed by atoms with Crippen LogP contribution in [0.2, 0.25) is 0 Å². The number of amides is 1. The third-order valence-electron chi connectivity index (χ3n) is 2.74. The van der Waals surface area contributed by atoms with Crippen molar-refractivity contribution < 1.29 is 14.3 Å². The number of thiazole rings is 1. The molecule has 21 heavy (non-hydrogen) atoms. The fourth-order valence-corrected chi connectivity index (χ4v) is 2.60. The maximum absolute atomic E-state index is 11.8. The first-order valence-corrected chi connectivity index (χ1v) is 7.16. The van der Waals surface area contributed by atoms with E-state index >= 15 is 0 Å². The number of methoxy groups -OCH3 is 1. The number of rotatable bonds is 5. The number of carbonyl (C=O) groups excluding carboxylic acids is 2. The van der Waals surface area contributed by atoms with Crippen molar-refractivity contribution in [2.75, 3.05) is 12.4 Å². The van der Waals surface area contributed by atoms with E-state index in [1.54, 1.807) is 12.4 Å². The number of esters is 1. The van der Waals surface area contributed by atoms with Crippen LogP contribution in [0.15, 0.2) is 24.5 Å². The van der Waals surface area contributed by atoms with Gasteiger partial charge in [0.2, 0.25) is 5.91 Å². The maximum atomic E-state index is 11.8. The van der Waals surface area contributed by atoms with Crippen LogP contribution in [-0.4, -0.2) is 29.0 Å². The van der Waals surface area contributed by atoms with Crippen molar-refractivity contribution >= 4 is 28.2 Å². The van der Waals surface area contributed by atoms with E-state index in [-0.39, 0.29) is 18.7 Å². The number of aryl methyl sites for hydroxylation is 1. The van der Waals surface area contributed by atoms with E-state index < -0.39 is 5.97 Å². The molecular weight excluding hydrogens is 290 g/mol. The molecule has 0 aliphatic heterocycles. The number of ether oxygens (including phenoxy) is 1. The summed E-state index contributed by atoms with van der Waals surface area (Å²) in [5.74, 6) is -0.632. The molecule has 110 valence electrons. The number of carbonyl (C=O) groups is 2. The van der Waals surface area contributed by atoms with Gasteiger partial charge in [0, 0.05) is 24.4 Å². The highest BCUT2D eigenvalue weighted by molar-refractivity contribution is 7.19. The molecule has 0 atom stereocenters. The average Bonchev–Trinajstić information content (AvgIpc) is 2.86. The molecule has 0 fully saturated rings. The summed E-state index contributed by atoms with van der Waals surface area (Å²) in [5, 5.41) is 4.25. The molecule has 0 aliphatic rings. The average molecular weight is 305 g/mol. The molecule has 0 radical (unpaired) electrons. The van der Waals surface area contributed by atoms with Crippen LogP contribution in [0.25, 0.3) is 10.6 Å². The Morgan fingerprint density at radius 1 is 1.38 bits per heavy atom. The lowest BCUT2D eigenvalue weighted by Gasteiger charge is -2.02. The first kappa shape index (κ1) is 15.1. The van der Waals surface area contributed by atoms with Crippen LogP contribution in [-0.2, 0) is 14.3 Å². The third kappa shape index (κ3) is 4.09. The highest BCUT2D eigenvalue weighted by atomic mass is 32.1. The summed E-state index contributed by atoms with van der Waals surface area (Å²) in [7, 11) is 1.30. The summed E-state index contributed by atoms with van der Waals surface area (Å²) < 4.78 is 4.50. The van der Waals surface area contributed by atoms with Gasteiger partial charge in [0.15, 0.2) is 0 Å². The van der Waals surface area contributed by atoms with Gasteiger partial charge >= 0.3 is 5.97 Å². The summed E-state index contributed by atoms with van der Waals surface area (Å²) in [5.41, 5.74) is 1.64.